The molecule has 3 rings (SSSR count). The zero-order valence-electron chi connectivity index (χ0n) is 11.0. The Bertz CT molecular complexity index is 601. The predicted molar refractivity (Wildman–Crippen MR) is 74.6 cm³/mol. The van der Waals surface area contributed by atoms with Crippen molar-refractivity contribution >= 4 is 11.7 Å². The molecule has 2 aromatic rings. The standard InChI is InChI=1S/C15H15N3O2/c19-15(18-14-10-16-6-7-17-14)9-11-5-8-20-13-4-2-1-3-12(11)13/h1-4,6-7,10-11H,5,8-9H2,(H,17,18,19)/t11-/m0/s1. The summed E-state index contributed by atoms with van der Waals surface area (Å²) in [5.74, 6) is 1.51. The van der Waals surface area contributed by atoms with E-state index >= 15 is 0 Å². The van der Waals surface area contributed by atoms with Crippen molar-refractivity contribution in [2.24, 2.45) is 0 Å². The van der Waals surface area contributed by atoms with E-state index in [1.165, 1.54) is 6.20 Å². The number of nitrogens with one attached hydrogen (secondary N) is 1. The summed E-state index contributed by atoms with van der Waals surface area (Å²) in [6.07, 6.45) is 5.95. The summed E-state index contributed by atoms with van der Waals surface area (Å²) < 4.78 is 5.60. The molecule has 1 aliphatic heterocycles. The minimum Gasteiger partial charge on any atom is -0.493 e. The van der Waals surface area contributed by atoms with Gasteiger partial charge in [-0.3, -0.25) is 9.78 Å². The van der Waals surface area contributed by atoms with E-state index in [-0.39, 0.29) is 11.8 Å². The third-order valence-electron chi connectivity index (χ3n) is 3.35. The van der Waals surface area contributed by atoms with Gasteiger partial charge in [-0.25, -0.2) is 4.98 Å². The average Bonchev–Trinajstić information content (AvgIpc) is 2.48. The lowest BCUT2D eigenvalue weighted by molar-refractivity contribution is -0.116. The third-order valence-corrected chi connectivity index (χ3v) is 3.35. The number of nitrogens with zero attached hydrogens (tertiary/aromatic N) is 2. The lowest BCUT2D eigenvalue weighted by Crippen LogP contribution is -2.21. The van der Waals surface area contributed by atoms with E-state index in [0.29, 0.717) is 18.8 Å². The molecule has 0 saturated carbocycles. The highest BCUT2D eigenvalue weighted by Crippen LogP contribution is 2.35. The maximum atomic E-state index is 12.1. The van der Waals surface area contributed by atoms with Crippen molar-refractivity contribution in [3.05, 3.63) is 48.4 Å². The molecule has 1 atom stereocenters. The van der Waals surface area contributed by atoms with Crippen LogP contribution >= 0.6 is 0 Å². The molecule has 0 unspecified atom stereocenters. The van der Waals surface area contributed by atoms with E-state index in [4.69, 9.17) is 4.74 Å². The Kier molecular flexibility index (Phi) is 3.58. The van der Waals surface area contributed by atoms with Gasteiger partial charge in [0.1, 0.15) is 5.75 Å². The molecular formula is C15H15N3O2. The van der Waals surface area contributed by atoms with Gasteiger partial charge in [-0.1, -0.05) is 18.2 Å². The molecule has 2 heterocycles. The molecular weight excluding hydrogens is 254 g/mol. The van der Waals surface area contributed by atoms with E-state index in [9.17, 15) is 4.79 Å². The Hall–Kier alpha value is -2.43. The molecule has 1 amide bonds. The van der Waals surface area contributed by atoms with Gasteiger partial charge in [-0.05, 0) is 24.0 Å². The first kappa shape index (κ1) is 12.6. The number of para-hydroxylation sites is 1. The second-order valence-corrected chi connectivity index (χ2v) is 4.71. The molecule has 0 saturated heterocycles. The van der Waals surface area contributed by atoms with Crippen molar-refractivity contribution in [1.82, 2.24) is 9.97 Å². The summed E-state index contributed by atoms with van der Waals surface area (Å²) in [5.41, 5.74) is 1.10. The van der Waals surface area contributed by atoms with Crippen LogP contribution in [0.5, 0.6) is 5.75 Å². The molecule has 0 bridgehead atoms. The van der Waals surface area contributed by atoms with Gasteiger partial charge in [0, 0.05) is 18.8 Å². The number of fused-ring (bicyclic) bond motifs is 1. The number of carbonyl (C=O) groups is 1. The first-order valence-corrected chi connectivity index (χ1v) is 6.60. The number of benzene rings is 1. The Morgan fingerprint density at radius 2 is 2.25 bits per heavy atom. The largest absolute Gasteiger partial charge is 0.493 e. The number of hydrogen-bond acceptors (Lipinski definition) is 4. The Morgan fingerprint density at radius 3 is 3.10 bits per heavy atom. The van der Waals surface area contributed by atoms with E-state index in [1.54, 1.807) is 12.4 Å². The van der Waals surface area contributed by atoms with Crippen LogP contribution in [-0.2, 0) is 4.79 Å². The van der Waals surface area contributed by atoms with Crippen LogP contribution in [0.15, 0.2) is 42.9 Å². The molecule has 1 N–H and O–H groups in total. The normalized spacial score (nSPS) is 16.9. The van der Waals surface area contributed by atoms with E-state index in [2.05, 4.69) is 15.3 Å². The Labute approximate surface area is 117 Å². The molecule has 5 nitrogen and oxygen atoms in total. The zero-order chi connectivity index (χ0) is 13.8. The summed E-state index contributed by atoms with van der Waals surface area (Å²) in [6, 6.07) is 7.89. The number of amides is 1. The van der Waals surface area contributed by atoms with Crippen molar-refractivity contribution in [2.45, 2.75) is 18.8 Å². The highest BCUT2D eigenvalue weighted by atomic mass is 16.5. The topological polar surface area (TPSA) is 64.1 Å². The average molecular weight is 269 g/mol. The monoisotopic (exact) mass is 269 g/mol. The third kappa shape index (κ3) is 2.77. The molecule has 0 fully saturated rings. The first-order valence-electron chi connectivity index (χ1n) is 6.60. The number of aromatic nitrogens is 2. The summed E-state index contributed by atoms with van der Waals surface area (Å²) in [6.45, 7) is 0.653. The lowest BCUT2D eigenvalue weighted by atomic mass is 9.90. The van der Waals surface area contributed by atoms with Gasteiger partial charge in [0.05, 0.1) is 12.8 Å². The fraction of sp³-hybridized carbons (Fsp3) is 0.267. The van der Waals surface area contributed by atoms with Crippen LogP contribution in [-0.4, -0.2) is 22.5 Å². The van der Waals surface area contributed by atoms with E-state index < -0.39 is 0 Å². The molecule has 0 aliphatic carbocycles. The number of rotatable bonds is 3. The van der Waals surface area contributed by atoms with Crippen molar-refractivity contribution in [1.29, 1.82) is 0 Å². The summed E-state index contributed by atoms with van der Waals surface area (Å²) in [5, 5.41) is 2.77. The minimum atomic E-state index is -0.0489. The lowest BCUT2D eigenvalue weighted by Gasteiger charge is -2.25. The molecule has 20 heavy (non-hydrogen) atoms. The maximum absolute atomic E-state index is 12.1. The second kappa shape index (κ2) is 5.69. The van der Waals surface area contributed by atoms with Gasteiger partial charge in [0.2, 0.25) is 5.91 Å². The quantitative estimate of drug-likeness (QED) is 0.929. The molecule has 102 valence electrons. The number of ether oxygens (including phenoxy) is 1. The van der Waals surface area contributed by atoms with Crippen molar-refractivity contribution in [3.8, 4) is 5.75 Å². The second-order valence-electron chi connectivity index (χ2n) is 4.71. The van der Waals surface area contributed by atoms with Crippen LogP contribution in [0.25, 0.3) is 0 Å². The highest BCUT2D eigenvalue weighted by molar-refractivity contribution is 5.90. The van der Waals surface area contributed by atoms with Gasteiger partial charge < -0.3 is 10.1 Å². The molecule has 5 heteroatoms. The number of hydrogen-bond donors (Lipinski definition) is 1. The van der Waals surface area contributed by atoms with Gasteiger partial charge >= 0.3 is 0 Å². The van der Waals surface area contributed by atoms with Gasteiger partial charge in [-0.15, -0.1) is 0 Å². The van der Waals surface area contributed by atoms with E-state index in [1.807, 2.05) is 24.3 Å². The van der Waals surface area contributed by atoms with Crippen LogP contribution in [0.1, 0.15) is 24.3 Å². The summed E-state index contributed by atoms with van der Waals surface area (Å²) >= 11 is 0. The van der Waals surface area contributed by atoms with Crippen molar-refractivity contribution < 1.29 is 9.53 Å². The van der Waals surface area contributed by atoms with Crippen molar-refractivity contribution in [2.75, 3.05) is 11.9 Å². The zero-order valence-corrected chi connectivity index (χ0v) is 11.0. The van der Waals surface area contributed by atoms with Crippen molar-refractivity contribution in [3.63, 3.8) is 0 Å². The minimum absolute atomic E-state index is 0.0489. The molecule has 1 aliphatic rings. The molecule has 0 radical (unpaired) electrons. The fourth-order valence-corrected chi connectivity index (χ4v) is 2.41. The van der Waals surface area contributed by atoms with Crippen LogP contribution in [0, 0.1) is 0 Å². The Balaban J connectivity index is 1.68. The fourth-order valence-electron chi connectivity index (χ4n) is 2.41. The van der Waals surface area contributed by atoms with Gasteiger partial charge in [0.25, 0.3) is 0 Å². The van der Waals surface area contributed by atoms with Gasteiger partial charge in [0.15, 0.2) is 5.82 Å². The van der Waals surface area contributed by atoms with Crippen LogP contribution < -0.4 is 10.1 Å². The summed E-state index contributed by atoms with van der Waals surface area (Å²) in [7, 11) is 0. The van der Waals surface area contributed by atoms with Crippen LogP contribution in [0.4, 0.5) is 5.82 Å². The first-order chi connectivity index (χ1) is 9.83. The smallest absolute Gasteiger partial charge is 0.226 e. The summed E-state index contributed by atoms with van der Waals surface area (Å²) in [4.78, 5) is 20.0. The number of carbonyl (C=O) groups excluding carboxylic acids is 1. The van der Waals surface area contributed by atoms with Gasteiger partial charge in [-0.2, -0.15) is 0 Å². The molecule has 1 aromatic heterocycles. The predicted octanol–water partition coefficient (Wildman–Crippen LogP) is 2.37. The molecule has 1 aromatic carbocycles. The Morgan fingerprint density at radius 1 is 1.35 bits per heavy atom. The highest BCUT2D eigenvalue weighted by Gasteiger charge is 2.23. The van der Waals surface area contributed by atoms with E-state index in [0.717, 1.165) is 17.7 Å². The van der Waals surface area contributed by atoms with Crippen LogP contribution in [0.3, 0.4) is 0 Å². The number of anilines is 1. The SMILES string of the molecule is O=C(C[C@@H]1CCOc2ccccc21)Nc1cnccn1. The molecule has 0 spiro atoms. The van der Waals surface area contributed by atoms with Crippen LogP contribution in [0.2, 0.25) is 0 Å². The maximum Gasteiger partial charge on any atom is 0.226 e.